The first-order chi connectivity index (χ1) is 14.5. The molecule has 2 heterocycles. The fourth-order valence-corrected chi connectivity index (χ4v) is 5.01. The van der Waals surface area contributed by atoms with Crippen molar-refractivity contribution in [3.8, 4) is 0 Å². The van der Waals surface area contributed by atoms with E-state index in [0.717, 1.165) is 33.2 Å². The Bertz CT molecular complexity index is 1170. The first-order valence-electron chi connectivity index (χ1n) is 9.84. The van der Waals surface area contributed by atoms with Crippen molar-refractivity contribution in [1.82, 2.24) is 14.5 Å². The molecule has 0 radical (unpaired) electrons. The number of hydrogen-bond donors (Lipinski definition) is 0. The molecule has 2 aromatic carbocycles. The second-order valence-electron chi connectivity index (χ2n) is 7.27. The number of amides is 1. The number of imidazole rings is 1. The van der Waals surface area contributed by atoms with Gasteiger partial charge in [-0.05, 0) is 61.9 Å². The first kappa shape index (κ1) is 20.6. The number of thiazole rings is 1. The number of aryl methyl sites for hydroxylation is 3. The van der Waals surface area contributed by atoms with E-state index in [1.54, 1.807) is 35.6 Å². The average Bonchev–Trinajstić information content (AvgIpc) is 3.40. The number of nitrogens with zero attached hydrogens (tertiary/aromatic N) is 4. The molecule has 0 saturated carbocycles. The van der Waals surface area contributed by atoms with Crippen LogP contribution in [0.1, 0.15) is 27.9 Å². The molecule has 7 heteroatoms. The summed E-state index contributed by atoms with van der Waals surface area (Å²) >= 11 is 3.23. The second-order valence-corrected chi connectivity index (χ2v) is 9.13. The summed E-state index contributed by atoms with van der Waals surface area (Å²) < 4.78 is 3.17. The van der Waals surface area contributed by atoms with E-state index in [9.17, 15) is 4.79 Å². The molecular weight excluding hydrogens is 412 g/mol. The van der Waals surface area contributed by atoms with Crippen molar-refractivity contribution < 1.29 is 4.79 Å². The molecule has 30 heavy (non-hydrogen) atoms. The molecule has 2 aromatic heterocycles. The lowest BCUT2D eigenvalue weighted by atomic mass is 10.1. The summed E-state index contributed by atoms with van der Waals surface area (Å²) in [6.07, 6.45) is 8.36. The van der Waals surface area contributed by atoms with Gasteiger partial charge in [0.05, 0.1) is 16.5 Å². The Balaban J connectivity index is 1.67. The van der Waals surface area contributed by atoms with Gasteiger partial charge in [-0.2, -0.15) is 0 Å². The molecule has 0 saturated heterocycles. The molecule has 0 bridgehead atoms. The standard InChI is InChI=1S/C23H24N4OS2/c1-16-12-17(2)21-20(13-16)25-23(30-21)27(10-5-9-26-11-8-24-15-26)22(28)18-6-4-7-19(14-18)29-3/h4,6-8,11-15H,5,9-10H2,1-3H3. The van der Waals surface area contributed by atoms with Gasteiger partial charge >= 0.3 is 0 Å². The predicted molar refractivity (Wildman–Crippen MR) is 126 cm³/mol. The number of aromatic nitrogens is 3. The normalized spacial score (nSPS) is 11.2. The third-order valence-electron chi connectivity index (χ3n) is 4.96. The number of carbonyl (C=O) groups is 1. The van der Waals surface area contributed by atoms with E-state index in [0.29, 0.717) is 12.1 Å². The fraction of sp³-hybridized carbons (Fsp3) is 0.261. The largest absolute Gasteiger partial charge is 0.337 e. The SMILES string of the molecule is CSc1cccc(C(=O)N(CCCn2ccnc2)c2nc3cc(C)cc(C)c3s2)c1. The van der Waals surface area contributed by atoms with Gasteiger partial charge in [0.25, 0.3) is 5.91 Å². The van der Waals surface area contributed by atoms with Crippen molar-refractivity contribution in [3.05, 3.63) is 71.8 Å². The zero-order valence-corrected chi connectivity index (χ0v) is 19.0. The number of carbonyl (C=O) groups excluding carboxylic acids is 1. The van der Waals surface area contributed by atoms with E-state index in [4.69, 9.17) is 4.98 Å². The Morgan fingerprint density at radius 1 is 1.23 bits per heavy atom. The number of hydrogen-bond acceptors (Lipinski definition) is 5. The minimum atomic E-state index is -0.00929. The molecular formula is C23H24N4OS2. The van der Waals surface area contributed by atoms with Crippen LogP contribution in [0.3, 0.4) is 0 Å². The zero-order chi connectivity index (χ0) is 21.1. The van der Waals surface area contributed by atoms with Gasteiger partial charge < -0.3 is 4.57 Å². The van der Waals surface area contributed by atoms with E-state index in [1.807, 2.05) is 46.2 Å². The van der Waals surface area contributed by atoms with Gasteiger partial charge in [0.2, 0.25) is 0 Å². The molecule has 0 aliphatic carbocycles. The molecule has 0 N–H and O–H groups in total. The number of fused-ring (bicyclic) bond motifs is 1. The monoisotopic (exact) mass is 436 g/mol. The number of benzene rings is 2. The quantitative estimate of drug-likeness (QED) is 0.356. The first-order valence-corrected chi connectivity index (χ1v) is 11.9. The van der Waals surface area contributed by atoms with Crippen LogP contribution in [0.15, 0.2) is 60.0 Å². The Morgan fingerprint density at radius 3 is 2.87 bits per heavy atom. The summed E-state index contributed by atoms with van der Waals surface area (Å²) in [5.41, 5.74) is 4.03. The molecule has 0 spiro atoms. The van der Waals surface area contributed by atoms with Crippen LogP contribution in [-0.2, 0) is 6.54 Å². The lowest BCUT2D eigenvalue weighted by Gasteiger charge is -2.20. The van der Waals surface area contributed by atoms with Gasteiger partial charge in [-0.1, -0.05) is 23.5 Å². The van der Waals surface area contributed by atoms with Crippen LogP contribution < -0.4 is 4.90 Å². The van der Waals surface area contributed by atoms with E-state index in [-0.39, 0.29) is 5.91 Å². The van der Waals surface area contributed by atoms with Gasteiger partial charge in [0, 0.05) is 35.9 Å². The van der Waals surface area contributed by atoms with Crippen LogP contribution in [0.2, 0.25) is 0 Å². The molecule has 4 aromatic rings. The van der Waals surface area contributed by atoms with Crippen LogP contribution in [0, 0.1) is 13.8 Å². The lowest BCUT2D eigenvalue weighted by molar-refractivity contribution is 0.0986. The number of thioether (sulfide) groups is 1. The van der Waals surface area contributed by atoms with Gasteiger partial charge in [-0.15, -0.1) is 11.8 Å². The van der Waals surface area contributed by atoms with Crippen molar-refractivity contribution in [1.29, 1.82) is 0 Å². The van der Waals surface area contributed by atoms with E-state index in [2.05, 4.69) is 31.0 Å². The van der Waals surface area contributed by atoms with Crippen LogP contribution in [0.4, 0.5) is 5.13 Å². The van der Waals surface area contributed by atoms with Gasteiger partial charge in [0.15, 0.2) is 5.13 Å². The summed E-state index contributed by atoms with van der Waals surface area (Å²) in [6.45, 7) is 5.58. The zero-order valence-electron chi connectivity index (χ0n) is 17.3. The van der Waals surface area contributed by atoms with Crippen molar-refractivity contribution in [3.63, 3.8) is 0 Å². The van der Waals surface area contributed by atoms with Crippen molar-refractivity contribution in [2.45, 2.75) is 31.7 Å². The van der Waals surface area contributed by atoms with E-state index in [1.165, 1.54) is 11.1 Å². The van der Waals surface area contributed by atoms with Crippen LogP contribution >= 0.6 is 23.1 Å². The molecule has 4 rings (SSSR count). The highest BCUT2D eigenvalue weighted by molar-refractivity contribution is 7.98. The summed E-state index contributed by atoms with van der Waals surface area (Å²) in [7, 11) is 0. The molecule has 0 unspecified atom stereocenters. The molecule has 0 fully saturated rings. The van der Waals surface area contributed by atoms with Gasteiger partial charge in [-0.3, -0.25) is 9.69 Å². The predicted octanol–water partition coefficient (Wildman–Crippen LogP) is 5.57. The Hall–Kier alpha value is -2.64. The van der Waals surface area contributed by atoms with Crippen LogP contribution in [0.5, 0.6) is 0 Å². The highest BCUT2D eigenvalue weighted by Gasteiger charge is 2.22. The summed E-state index contributed by atoms with van der Waals surface area (Å²) in [6, 6.07) is 12.1. The topological polar surface area (TPSA) is 51.0 Å². The van der Waals surface area contributed by atoms with Crippen molar-refractivity contribution >= 4 is 44.4 Å². The van der Waals surface area contributed by atoms with Crippen LogP contribution in [-0.4, -0.2) is 33.2 Å². The van der Waals surface area contributed by atoms with E-state index >= 15 is 0 Å². The Kier molecular flexibility index (Phi) is 6.20. The number of anilines is 1. The smallest absolute Gasteiger partial charge is 0.260 e. The van der Waals surface area contributed by atoms with Crippen molar-refractivity contribution in [2.24, 2.45) is 0 Å². The molecule has 1 amide bonds. The maximum absolute atomic E-state index is 13.5. The maximum atomic E-state index is 13.5. The molecule has 154 valence electrons. The second kappa shape index (κ2) is 9.02. The third-order valence-corrected chi connectivity index (χ3v) is 6.91. The summed E-state index contributed by atoms with van der Waals surface area (Å²) in [4.78, 5) is 25.3. The van der Waals surface area contributed by atoms with Crippen molar-refractivity contribution in [2.75, 3.05) is 17.7 Å². The summed E-state index contributed by atoms with van der Waals surface area (Å²) in [5.74, 6) is -0.00929. The molecule has 0 aliphatic heterocycles. The minimum absolute atomic E-state index is 0.00929. The maximum Gasteiger partial charge on any atom is 0.260 e. The molecule has 0 aliphatic rings. The van der Waals surface area contributed by atoms with Crippen LogP contribution in [0.25, 0.3) is 10.2 Å². The molecule has 0 atom stereocenters. The van der Waals surface area contributed by atoms with Gasteiger partial charge in [-0.25, -0.2) is 9.97 Å². The van der Waals surface area contributed by atoms with E-state index < -0.39 is 0 Å². The minimum Gasteiger partial charge on any atom is -0.337 e. The lowest BCUT2D eigenvalue weighted by Crippen LogP contribution is -2.32. The van der Waals surface area contributed by atoms with Gasteiger partial charge in [0.1, 0.15) is 0 Å². The molecule has 5 nitrogen and oxygen atoms in total. The average molecular weight is 437 g/mol. The number of rotatable bonds is 7. The highest BCUT2D eigenvalue weighted by atomic mass is 32.2. The Morgan fingerprint density at radius 2 is 2.10 bits per heavy atom. The third kappa shape index (κ3) is 4.42. The summed E-state index contributed by atoms with van der Waals surface area (Å²) in [5, 5.41) is 0.754. The fourth-order valence-electron chi connectivity index (χ4n) is 3.51. The Labute approximate surface area is 184 Å². The highest BCUT2D eigenvalue weighted by Crippen LogP contribution is 2.33.